The molecule has 1 aromatic carbocycles. The topological polar surface area (TPSA) is 95.2 Å². The SMILES string of the molecule is CCCCCCCCCCCCCCCCCCOCC(COP(=O)(O)OCCCCCCCC[n+]1ccccc1)OC(=O)c1ccccc1. The highest BCUT2D eigenvalue weighted by molar-refractivity contribution is 7.47. The molecular weight excluding hydrogens is 649 g/mol. The molecule has 0 saturated heterocycles. The summed E-state index contributed by atoms with van der Waals surface area (Å²) in [6, 6.07) is 14.8. The van der Waals surface area contributed by atoms with Crippen molar-refractivity contribution in [2.75, 3.05) is 26.4 Å². The van der Waals surface area contributed by atoms with Crippen molar-refractivity contribution in [1.82, 2.24) is 0 Å². The molecule has 0 radical (unpaired) electrons. The third-order valence-corrected chi connectivity index (χ3v) is 9.98. The number of hydrogen-bond donors (Lipinski definition) is 1. The van der Waals surface area contributed by atoms with Crippen LogP contribution in [0.1, 0.15) is 159 Å². The maximum Gasteiger partial charge on any atom is 0.472 e. The number of nitrogens with zero attached hydrogens (tertiary/aromatic N) is 1. The van der Waals surface area contributed by atoms with Gasteiger partial charge in [0.15, 0.2) is 12.4 Å². The standard InChI is InChI=1S/C41H68NO7P/c1-2-3-4-5-6-7-8-9-10-11-12-13-14-16-19-28-35-46-37-40(49-41(43)39-30-23-21-24-31-39)38-48-50(44,45)47-36-29-20-17-15-18-25-32-42-33-26-22-27-34-42/h21-24,26-27,30-31,33-34,40H,2-20,25,28-29,32,35-38H2,1H3/p+1. The van der Waals surface area contributed by atoms with Crippen molar-refractivity contribution < 1.29 is 37.3 Å². The number of phosphoric ester groups is 1. The van der Waals surface area contributed by atoms with E-state index in [1.165, 1.54) is 89.9 Å². The number of benzene rings is 1. The van der Waals surface area contributed by atoms with Crippen molar-refractivity contribution in [3.63, 3.8) is 0 Å². The Bertz CT molecular complexity index is 1100. The van der Waals surface area contributed by atoms with E-state index in [4.69, 9.17) is 18.5 Å². The number of pyridine rings is 1. The number of hydrogen-bond acceptors (Lipinski definition) is 6. The first-order valence-corrected chi connectivity index (χ1v) is 21.4. The number of carbonyl (C=O) groups is 1. The van der Waals surface area contributed by atoms with Crippen LogP contribution in [0.2, 0.25) is 0 Å². The van der Waals surface area contributed by atoms with Gasteiger partial charge in [0.05, 0.1) is 25.4 Å². The Hall–Kier alpha value is -2.09. The maximum absolute atomic E-state index is 12.7. The van der Waals surface area contributed by atoms with Crippen LogP contribution >= 0.6 is 7.82 Å². The first kappa shape index (κ1) is 44.1. The van der Waals surface area contributed by atoms with Crippen LogP contribution in [0.15, 0.2) is 60.9 Å². The molecule has 1 heterocycles. The lowest BCUT2D eigenvalue weighted by atomic mass is 10.0. The Kier molecular flexibility index (Phi) is 26.9. The average Bonchev–Trinajstić information content (AvgIpc) is 3.13. The molecule has 0 aliphatic carbocycles. The molecule has 0 spiro atoms. The number of aryl methyl sites for hydroxylation is 1. The second-order valence-electron chi connectivity index (χ2n) is 13.6. The van der Waals surface area contributed by atoms with Crippen molar-refractivity contribution >= 4 is 13.8 Å². The minimum atomic E-state index is -4.29. The summed E-state index contributed by atoms with van der Waals surface area (Å²) in [6.45, 7) is 3.76. The number of esters is 1. The molecule has 1 N–H and O–H groups in total. The summed E-state index contributed by atoms with van der Waals surface area (Å²) in [5.74, 6) is -0.527. The Balaban J connectivity index is 1.53. The van der Waals surface area contributed by atoms with Gasteiger partial charge in [0, 0.05) is 25.2 Å². The van der Waals surface area contributed by atoms with Gasteiger partial charge in [0.2, 0.25) is 0 Å². The first-order chi connectivity index (χ1) is 24.5. The molecule has 2 atom stereocenters. The quantitative estimate of drug-likeness (QED) is 0.0333. The molecule has 8 nitrogen and oxygen atoms in total. The lowest BCUT2D eigenvalue weighted by Gasteiger charge is -2.20. The van der Waals surface area contributed by atoms with Gasteiger partial charge >= 0.3 is 13.8 Å². The van der Waals surface area contributed by atoms with Crippen molar-refractivity contribution in [1.29, 1.82) is 0 Å². The minimum Gasteiger partial charge on any atom is -0.454 e. The molecule has 50 heavy (non-hydrogen) atoms. The van der Waals surface area contributed by atoms with Gasteiger partial charge in [-0.15, -0.1) is 0 Å². The molecule has 2 rings (SSSR count). The second kappa shape index (κ2) is 30.5. The summed E-state index contributed by atoms with van der Waals surface area (Å²) in [6.07, 6.45) is 30.3. The third-order valence-electron chi connectivity index (χ3n) is 9.00. The van der Waals surface area contributed by atoms with Crippen LogP contribution in [0, 0.1) is 0 Å². The molecule has 2 aromatic rings. The number of phosphoric acid groups is 1. The lowest BCUT2D eigenvalue weighted by Crippen LogP contribution is -2.32. The van der Waals surface area contributed by atoms with Gasteiger partial charge in [-0.2, -0.15) is 0 Å². The molecule has 0 aliphatic heterocycles. The number of ether oxygens (including phenoxy) is 2. The summed E-state index contributed by atoms with van der Waals surface area (Å²) < 4.78 is 36.6. The molecule has 0 saturated carbocycles. The molecule has 0 fully saturated rings. The van der Waals surface area contributed by atoms with E-state index in [2.05, 4.69) is 23.9 Å². The second-order valence-corrected chi connectivity index (χ2v) is 15.1. The van der Waals surface area contributed by atoms with Crippen LogP contribution in [-0.4, -0.2) is 43.4 Å². The van der Waals surface area contributed by atoms with E-state index in [0.29, 0.717) is 18.6 Å². The minimum absolute atomic E-state index is 0.0834. The fraction of sp³-hybridized carbons (Fsp3) is 0.707. The van der Waals surface area contributed by atoms with Gasteiger partial charge in [-0.3, -0.25) is 9.05 Å². The zero-order valence-electron chi connectivity index (χ0n) is 31.2. The molecule has 0 aliphatic rings. The van der Waals surface area contributed by atoms with E-state index in [1.807, 2.05) is 24.3 Å². The summed E-state index contributed by atoms with van der Waals surface area (Å²) in [5.41, 5.74) is 0.401. The lowest BCUT2D eigenvalue weighted by molar-refractivity contribution is -0.697. The monoisotopic (exact) mass is 718 g/mol. The summed E-state index contributed by atoms with van der Waals surface area (Å²) in [4.78, 5) is 22.9. The van der Waals surface area contributed by atoms with Crippen molar-refractivity contribution in [3.8, 4) is 0 Å². The highest BCUT2D eigenvalue weighted by atomic mass is 31.2. The smallest absolute Gasteiger partial charge is 0.454 e. The van der Waals surface area contributed by atoms with Gasteiger partial charge < -0.3 is 14.4 Å². The Labute approximate surface area is 304 Å². The van der Waals surface area contributed by atoms with E-state index in [-0.39, 0.29) is 19.8 Å². The van der Waals surface area contributed by atoms with Gasteiger partial charge in [0.25, 0.3) is 0 Å². The van der Waals surface area contributed by atoms with Crippen LogP contribution in [0.4, 0.5) is 0 Å². The molecule has 0 amide bonds. The molecule has 2 unspecified atom stereocenters. The predicted octanol–water partition coefficient (Wildman–Crippen LogP) is 11.0. The van der Waals surface area contributed by atoms with Gasteiger partial charge in [0.1, 0.15) is 12.6 Å². The highest BCUT2D eigenvalue weighted by Gasteiger charge is 2.25. The molecule has 0 bridgehead atoms. The maximum atomic E-state index is 12.7. The van der Waals surface area contributed by atoms with E-state index >= 15 is 0 Å². The van der Waals surface area contributed by atoms with Crippen LogP contribution in [0.25, 0.3) is 0 Å². The zero-order valence-corrected chi connectivity index (χ0v) is 32.1. The Morgan fingerprint density at radius 2 is 1.10 bits per heavy atom. The highest BCUT2D eigenvalue weighted by Crippen LogP contribution is 2.43. The number of unbranched alkanes of at least 4 members (excludes halogenated alkanes) is 20. The van der Waals surface area contributed by atoms with Crippen molar-refractivity contribution in [2.24, 2.45) is 0 Å². The molecule has 9 heteroatoms. The normalized spacial score (nSPS) is 13.2. The molecule has 284 valence electrons. The fourth-order valence-electron chi connectivity index (χ4n) is 5.96. The van der Waals surface area contributed by atoms with Crippen molar-refractivity contribution in [3.05, 3.63) is 66.5 Å². The van der Waals surface area contributed by atoms with E-state index in [0.717, 1.165) is 51.5 Å². The Morgan fingerprint density at radius 3 is 1.66 bits per heavy atom. The molecular formula is C41H69NO7P+. The van der Waals surface area contributed by atoms with Crippen LogP contribution in [-0.2, 0) is 29.6 Å². The summed E-state index contributed by atoms with van der Waals surface area (Å²) in [5, 5.41) is 0. The van der Waals surface area contributed by atoms with Gasteiger partial charge in [-0.05, 0) is 31.4 Å². The predicted molar refractivity (Wildman–Crippen MR) is 202 cm³/mol. The van der Waals surface area contributed by atoms with Crippen LogP contribution < -0.4 is 4.57 Å². The zero-order chi connectivity index (χ0) is 35.8. The van der Waals surface area contributed by atoms with Gasteiger partial charge in [-0.25, -0.2) is 13.9 Å². The summed E-state index contributed by atoms with van der Waals surface area (Å²) in [7, 11) is -4.29. The van der Waals surface area contributed by atoms with Gasteiger partial charge in [-0.1, -0.05) is 147 Å². The van der Waals surface area contributed by atoms with E-state index < -0.39 is 19.9 Å². The fourth-order valence-corrected chi connectivity index (χ4v) is 6.75. The summed E-state index contributed by atoms with van der Waals surface area (Å²) >= 11 is 0. The van der Waals surface area contributed by atoms with E-state index in [9.17, 15) is 14.3 Å². The van der Waals surface area contributed by atoms with E-state index in [1.54, 1.807) is 24.3 Å². The Morgan fingerprint density at radius 1 is 0.620 bits per heavy atom. The van der Waals surface area contributed by atoms with Crippen LogP contribution in [0.5, 0.6) is 0 Å². The number of carbonyl (C=O) groups excluding carboxylic acids is 1. The first-order valence-electron chi connectivity index (χ1n) is 19.9. The number of rotatable bonds is 34. The average molecular weight is 719 g/mol. The number of aromatic nitrogens is 1. The molecule has 1 aromatic heterocycles. The third kappa shape index (κ3) is 25.0. The van der Waals surface area contributed by atoms with Crippen LogP contribution in [0.3, 0.4) is 0 Å². The van der Waals surface area contributed by atoms with Crippen molar-refractivity contribution in [2.45, 2.75) is 161 Å². The largest absolute Gasteiger partial charge is 0.472 e.